The quantitative estimate of drug-likeness (QED) is 0.586. The van der Waals surface area contributed by atoms with Crippen LogP contribution in [0.4, 0.5) is 0 Å². The molecule has 1 atom stereocenters. The van der Waals surface area contributed by atoms with Crippen LogP contribution >= 0.6 is 7.60 Å². The van der Waals surface area contributed by atoms with Crippen molar-refractivity contribution >= 4 is 7.60 Å². The van der Waals surface area contributed by atoms with Gasteiger partial charge in [-0.15, -0.1) is 0 Å². The Labute approximate surface area is 61.0 Å². The maximum atomic E-state index is 10.5. The average molecular weight is 167 g/mol. The maximum Gasteiger partial charge on any atom is 0.329 e. The largest absolute Gasteiger partial charge is 0.329 e. The second-order valence-electron chi connectivity index (χ2n) is 2.70. The molecule has 0 aromatic carbocycles. The molecular weight excluding hydrogens is 153 g/mol. The van der Waals surface area contributed by atoms with Gasteiger partial charge in [-0.25, -0.2) is 0 Å². The van der Waals surface area contributed by atoms with Crippen LogP contribution in [0.2, 0.25) is 0 Å². The minimum atomic E-state index is -3.85. The molecule has 10 heavy (non-hydrogen) atoms. The lowest BCUT2D eigenvalue weighted by Crippen LogP contribution is -2.23. The second-order valence-corrected chi connectivity index (χ2v) is 4.76. The van der Waals surface area contributed by atoms with Crippen molar-refractivity contribution in [2.24, 2.45) is 0 Å². The van der Waals surface area contributed by atoms with Crippen molar-refractivity contribution in [3.63, 3.8) is 0 Å². The summed E-state index contributed by atoms with van der Waals surface area (Å²) in [6.07, 6.45) is 0. The van der Waals surface area contributed by atoms with Crippen LogP contribution in [0.1, 0.15) is 6.92 Å². The molecule has 1 unspecified atom stereocenters. The Kier molecular flexibility index (Phi) is 3.52. The van der Waals surface area contributed by atoms with Crippen LogP contribution in [-0.2, 0) is 4.57 Å². The Hall–Kier alpha value is 0.110. The summed E-state index contributed by atoms with van der Waals surface area (Å²) in [4.78, 5) is 19.0. The zero-order chi connectivity index (χ0) is 8.36. The molecule has 0 aliphatic rings. The van der Waals surface area contributed by atoms with Crippen LogP contribution in [-0.4, -0.2) is 41.0 Å². The van der Waals surface area contributed by atoms with Gasteiger partial charge in [0.1, 0.15) is 0 Å². The van der Waals surface area contributed by atoms with Gasteiger partial charge in [0.15, 0.2) is 0 Å². The summed E-state index contributed by atoms with van der Waals surface area (Å²) in [6, 6.07) is 0. The average Bonchev–Trinajstić information content (AvgIpc) is 1.60. The summed E-state index contributed by atoms with van der Waals surface area (Å²) in [7, 11) is -0.285. The third kappa shape index (κ3) is 4.01. The van der Waals surface area contributed by atoms with Crippen LogP contribution in [0.5, 0.6) is 0 Å². The van der Waals surface area contributed by atoms with E-state index in [-0.39, 0.29) is 0 Å². The van der Waals surface area contributed by atoms with Gasteiger partial charge in [0.05, 0.1) is 5.66 Å². The zero-order valence-corrected chi connectivity index (χ0v) is 7.38. The van der Waals surface area contributed by atoms with Gasteiger partial charge in [0.25, 0.3) is 0 Å². The predicted molar refractivity (Wildman–Crippen MR) is 40.1 cm³/mol. The fourth-order valence-corrected chi connectivity index (χ4v) is 1.17. The number of hydrogen-bond donors (Lipinski definition) is 2. The third-order valence-electron chi connectivity index (χ3n) is 1.20. The van der Waals surface area contributed by atoms with E-state index in [1.54, 1.807) is 25.9 Å². The Morgan fingerprint density at radius 2 is 1.90 bits per heavy atom. The van der Waals surface area contributed by atoms with Gasteiger partial charge in [-0.3, -0.25) is 4.57 Å². The third-order valence-corrected chi connectivity index (χ3v) is 2.52. The molecule has 2 N–H and O–H groups in total. The van der Waals surface area contributed by atoms with Crippen molar-refractivity contribution in [2.45, 2.75) is 12.6 Å². The molecule has 0 rings (SSSR count). The number of rotatable bonds is 3. The lowest BCUT2D eigenvalue weighted by Gasteiger charge is -2.17. The Balaban J connectivity index is 3.86. The molecule has 0 bridgehead atoms. The summed E-state index contributed by atoms with van der Waals surface area (Å²) < 4.78 is 10.5. The summed E-state index contributed by atoms with van der Waals surface area (Å²) in [5.74, 6) is 0. The van der Waals surface area contributed by atoms with Gasteiger partial charge < -0.3 is 14.7 Å². The van der Waals surface area contributed by atoms with Crippen LogP contribution in [0.25, 0.3) is 0 Å². The van der Waals surface area contributed by atoms with Crippen molar-refractivity contribution in [1.82, 2.24) is 4.90 Å². The maximum absolute atomic E-state index is 10.5. The van der Waals surface area contributed by atoms with E-state index < -0.39 is 13.3 Å². The van der Waals surface area contributed by atoms with Crippen molar-refractivity contribution in [3.8, 4) is 0 Å². The topological polar surface area (TPSA) is 60.8 Å². The molecule has 0 spiro atoms. The van der Waals surface area contributed by atoms with Gasteiger partial charge in [-0.1, -0.05) is 0 Å². The van der Waals surface area contributed by atoms with E-state index in [1.807, 2.05) is 0 Å². The minimum Gasteiger partial charge on any atom is -0.324 e. The SMILES string of the molecule is CC(CN(C)C)P(=O)(O)O. The van der Waals surface area contributed by atoms with Gasteiger partial charge in [-0.2, -0.15) is 0 Å². The van der Waals surface area contributed by atoms with E-state index in [4.69, 9.17) is 9.79 Å². The molecule has 0 radical (unpaired) electrons. The zero-order valence-electron chi connectivity index (χ0n) is 6.48. The minimum absolute atomic E-state index is 0.421. The first-order valence-electron chi connectivity index (χ1n) is 3.04. The molecule has 0 fully saturated rings. The summed E-state index contributed by atoms with van der Waals surface area (Å²) >= 11 is 0. The van der Waals surface area contributed by atoms with Crippen molar-refractivity contribution in [1.29, 1.82) is 0 Å². The van der Waals surface area contributed by atoms with E-state index >= 15 is 0 Å². The standard InChI is InChI=1S/C5H14NO3P/c1-5(4-6(2)3)10(7,8)9/h5H,4H2,1-3H3,(H2,7,8,9). The normalized spacial score (nSPS) is 15.8. The summed E-state index contributed by atoms with van der Waals surface area (Å²) in [6.45, 7) is 1.96. The lowest BCUT2D eigenvalue weighted by molar-refractivity contribution is 0.333. The van der Waals surface area contributed by atoms with E-state index in [2.05, 4.69) is 0 Å². The monoisotopic (exact) mass is 167 g/mol. The van der Waals surface area contributed by atoms with Gasteiger partial charge in [0, 0.05) is 6.54 Å². The van der Waals surface area contributed by atoms with Crippen LogP contribution in [0.3, 0.4) is 0 Å². The van der Waals surface area contributed by atoms with Crippen LogP contribution < -0.4 is 0 Å². The molecule has 0 saturated heterocycles. The van der Waals surface area contributed by atoms with E-state index in [0.29, 0.717) is 6.54 Å². The molecule has 0 aromatic heterocycles. The smallest absolute Gasteiger partial charge is 0.324 e. The summed E-state index contributed by atoms with van der Waals surface area (Å²) in [5, 5.41) is 0. The summed E-state index contributed by atoms with van der Waals surface area (Å²) in [5.41, 5.74) is -0.567. The highest BCUT2D eigenvalue weighted by molar-refractivity contribution is 7.52. The van der Waals surface area contributed by atoms with E-state index in [9.17, 15) is 4.57 Å². The van der Waals surface area contributed by atoms with Gasteiger partial charge >= 0.3 is 7.60 Å². The fraction of sp³-hybridized carbons (Fsp3) is 1.00. The molecule has 0 aliphatic heterocycles. The fourth-order valence-electron chi connectivity index (χ4n) is 0.635. The molecule has 0 heterocycles. The van der Waals surface area contributed by atoms with Crippen LogP contribution in [0.15, 0.2) is 0 Å². The highest BCUT2D eigenvalue weighted by Gasteiger charge is 2.23. The molecule has 62 valence electrons. The first-order chi connectivity index (χ1) is 4.34. The molecule has 5 heteroatoms. The molecule has 0 saturated carbocycles. The molecule has 0 aliphatic carbocycles. The molecule has 0 amide bonds. The molecule has 4 nitrogen and oxygen atoms in total. The molecule has 0 aromatic rings. The van der Waals surface area contributed by atoms with Crippen molar-refractivity contribution in [3.05, 3.63) is 0 Å². The predicted octanol–water partition coefficient (Wildman–Crippen LogP) is 0.114. The van der Waals surface area contributed by atoms with Crippen LogP contribution in [0, 0.1) is 0 Å². The first-order valence-corrected chi connectivity index (χ1v) is 4.72. The Bertz CT molecular complexity index is 142. The van der Waals surface area contributed by atoms with Gasteiger partial charge in [-0.05, 0) is 21.0 Å². The second kappa shape index (κ2) is 3.49. The van der Waals surface area contributed by atoms with Crippen molar-refractivity contribution < 1.29 is 14.4 Å². The Morgan fingerprint density at radius 3 is 2.00 bits per heavy atom. The highest BCUT2D eigenvalue weighted by atomic mass is 31.2. The number of hydrogen-bond acceptors (Lipinski definition) is 2. The lowest BCUT2D eigenvalue weighted by atomic mass is 10.4. The number of nitrogens with zero attached hydrogens (tertiary/aromatic N) is 1. The molecular formula is C5H14NO3P. The highest BCUT2D eigenvalue weighted by Crippen LogP contribution is 2.40. The van der Waals surface area contributed by atoms with Gasteiger partial charge in [0.2, 0.25) is 0 Å². The van der Waals surface area contributed by atoms with E-state index in [1.165, 1.54) is 0 Å². The Morgan fingerprint density at radius 1 is 1.50 bits per heavy atom. The van der Waals surface area contributed by atoms with E-state index in [0.717, 1.165) is 0 Å². The van der Waals surface area contributed by atoms with Crippen molar-refractivity contribution in [2.75, 3.05) is 20.6 Å². The first kappa shape index (κ1) is 10.1.